The lowest BCUT2D eigenvalue weighted by Gasteiger charge is -2.34. The molecule has 0 aliphatic carbocycles. The van der Waals surface area contributed by atoms with Crippen LogP contribution in [0.25, 0.3) is 11.1 Å². The fraction of sp³-hybridized carbons (Fsp3) is 0.450. The van der Waals surface area contributed by atoms with Gasteiger partial charge in [0.2, 0.25) is 0 Å². The zero-order valence-electron chi connectivity index (χ0n) is 15.5. The van der Waals surface area contributed by atoms with Gasteiger partial charge in [-0.1, -0.05) is 24.3 Å². The Morgan fingerprint density at radius 1 is 1.31 bits per heavy atom. The number of aromatic nitrogens is 2. The molecule has 2 heterocycles. The minimum atomic E-state index is -0.497. The molecule has 1 aromatic heterocycles. The molecule has 3 rings (SSSR count). The predicted molar refractivity (Wildman–Crippen MR) is 99.2 cm³/mol. The molecule has 138 valence electrons. The molecule has 2 aromatic rings. The highest BCUT2D eigenvalue weighted by Crippen LogP contribution is 2.33. The van der Waals surface area contributed by atoms with Crippen LogP contribution in [-0.4, -0.2) is 46.2 Å². The number of ether oxygens (including phenoxy) is 1. The molecule has 0 bridgehead atoms. The van der Waals surface area contributed by atoms with Crippen LogP contribution in [0.5, 0.6) is 0 Å². The predicted octanol–water partition coefficient (Wildman–Crippen LogP) is 4.00. The van der Waals surface area contributed by atoms with E-state index in [1.807, 2.05) is 32.9 Å². The van der Waals surface area contributed by atoms with Crippen LogP contribution in [0.15, 0.2) is 30.5 Å². The van der Waals surface area contributed by atoms with Gasteiger partial charge in [-0.05, 0) is 39.2 Å². The topological polar surface area (TPSA) is 75.3 Å². The molecule has 0 spiro atoms. The summed E-state index contributed by atoms with van der Waals surface area (Å²) in [4.78, 5) is 25.0. The molecule has 1 aliphatic rings. The van der Waals surface area contributed by atoms with E-state index in [1.54, 1.807) is 23.2 Å². The average Bonchev–Trinajstić information content (AvgIpc) is 3.10. The summed E-state index contributed by atoms with van der Waals surface area (Å²) >= 11 is 0. The van der Waals surface area contributed by atoms with Crippen LogP contribution in [0.4, 0.5) is 4.79 Å². The first-order chi connectivity index (χ1) is 12.4. The second-order valence-corrected chi connectivity index (χ2v) is 7.70. The smallest absolute Gasteiger partial charge is 0.410 e. The van der Waals surface area contributed by atoms with Gasteiger partial charge in [0.1, 0.15) is 11.9 Å². The summed E-state index contributed by atoms with van der Waals surface area (Å²) in [5, 5.41) is 7.33. The molecule has 1 N–H and O–H groups in total. The highest BCUT2D eigenvalue weighted by molar-refractivity contribution is 5.77. The number of piperidine rings is 1. The van der Waals surface area contributed by atoms with Crippen molar-refractivity contribution in [2.75, 3.05) is 13.1 Å². The maximum Gasteiger partial charge on any atom is 0.410 e. The van der Waals surface area contributed by atoms with Crippen LogP contribution in [0.1, 0.15) is 55.6 Å². The second-order valence-electron chi connectivity index (χ2n) is 7.70. The Morgan fingerprint density at radius 3 is 2.69 bits per heavy atom. The van der Waals surface area contributed by atoms with Gasteiger partial charge in [0, 0.05) is 35.8 Å². The highest BCUT2D eigenvalue weighted by atomic mass is 16.6. The van der Waals surface area contributed by atoms with E-state index in [9.17, 15) is 9.59 Å². The van der Waals surface area contributed by atoms with Gasteiger partial charge >= 0.3 is 6.09 Å². The standard InChI is InChI=1S/C20H25N3O3/c1-20(2,3)26-19(25)23-10-4-5-16(12-23)18-17(11-21-22-18)15-8-6-14(13-24)7-9-15/h6-9,11,13,16H,4-5,10,12H2,1-3H3,(H,21,22)/t16-/m0/s1. The Labute approximate surface area is 153 Å². The molecule has 1 fully saturated rings. The Balaban J connectivity index is 1.78. The van der Waals surface area contributed by atoms with E-state index >= 15 is 0 Å². The number of nitrogens with one attached hydrogen (secondary N) is 1. The number of hydrogen-bond donors (Lipinski definition) is 1. The second kappa shape index (κ2) is 7.32. The van der Waals surface area contributed by atoms with E-state index in [4.69, 9.17) is 4.74 Å². The van der Waals surface area contributed by atoms with Crippen molar-refractivity contribution < 1.29 is 14.3 Å². The highest BCUT2D eigenvalue weighted by Gasteiger charge is 2.30. The van der Waals surface area contributed by atoms with Gasteiger partial charge in [0.05, 0.1) is 6.20 Å². The number of aromatic amines is 1. The van der Waals surface area contributed by atoms with Gasteiger partial charge in [-0.25, -0.2) is 4.79 Å². The first-order valence-corrected chi connectivity index (χ1v) is 8.94. The summed E-state index contributed by atoms with van der Waals surface area (Å²) in [6, 6.07) is 7.44. The van der Waals surface area contributed by atoms with Crippen molar-refractivity contribution in [3.63, 3.8) is 0 Å². The Kier molecular flexibility index (Phi) is 5.11. The normalized spacial score (nSPS) is 17.8. The summed E-state index contributed by atoms with van der Waals surface area (Å²) < 4.78 is 5.51. The SMILES string of the molecule is CC(C)(C)OC(=O)N1CCC[C@H](c2[nH]ncc2-c2ccc(C=O)cc2)C1. The molecule has 1 amide bonds. The fourth-order valence-corrected chi connectivity index (χ4v) is 3.28. The number of carbonyl (C=O) groups is 2. The molecular weight excluding hydrogens is 330 g/mol. The first-order valence-electron chi connectivity index (χ1n) is 8.94. The summed E-state index contributed by atoms with van der Waals surface area (Å²) in [5.41, 5.74) is 3.20. The van der Waals surface area contributed by atoms with Gasteiger partial charge in [0.25, 0.3) is 0 Å². The van der Waals surface area contributed by atoms with Crippen molar-refractivity contribution in [1.29, 1.82) is 0 Å². The lowest BCUT2D eigenvalue weighted by atomic mass is 9.90. The molecule has 6 heteroatoms. The molecule has 0 saturated carbocycles. The van der Waals surface area contributed by atoms with Gasteiger partial charge in [-0.3, -0.25) is 9.89 Å². The Hall–Kier alpha value is -2.63. The van der Waals surface area contributed by atoms with Gasteiger partial charge in [-0.15, -0.1) is 0 Å². The third-order valence-corrected chi connectivity index (χ3v) is 4.51. The maximum absolute atomic E-state index is 12.4. The summed E-state index contributed by atoms with van der Waals surface area (Å²) in [5.74, 6) is 0.180. The van der Waals surface area contributed by atoms with E-state index in [2.05, 4.69) is 10.2 Å². The Bertz CT molecular complexity index is 774. The van der Waals surface area contributed by atoms with Crippen LogP contribution < -0.4 is 0 Å². The van der Waals surface area contributed by atoms with Crippen molar-refractivity contribution >= 4 is 12.4 Å². The Morgan fingerprint density at radius 2 is 2.04 bits per heavy atom. The van der Waals surface area contributed by atoms with E-state index in [0.29, 0.717) is 18.7 Å². The third kappa shape index (κ3) is 4.12. The lowest BCUT2D eigenvalue weighted by Crippen LogP contribution is -2.42. The summed E-state index contributed by atoms with van der Waals surface area (Å²) in [6.07, 6.45) is 4.28. The van der Waals surface area contributed by atoms with Gasteiger partial charge in [0.15, 0.2) is 0 Å². The van der Waals surface area contributed by atoms with Crippen LogP contribution in [0.2, 0.25) is 0 Å². The lowest BCUT2D eigenvalue weighted by molar-refractivity contribution is 0.0197. The van der Waals surface area contributed by atoms with Gasteiger partial charge < -0.3 is 9.64 Å². The molecule has 0 unspecified atom stereocenters. The van der Waals surface area contributed by atoms with Crippen molar-refractivity contribution in [3.8, 4) is 11.1 Å². The zero-order valence-corrected chi connectivity index (χ0v) is 15.5. The fourth-order valence-electron chi connectivity index (χ4n) is 3.28. The maximum atomic E-state index is 12.4. The summed E-state index contributed by atoms with van der Waals surface area (Å²) in [6.45, 7) is 6.95. The zero-order chi connectivity index (χ0) is 18.7. The number of likely N-dealkylation sites (tertiary alicyclic amines) is 1. The van der Waals surface area contributed by atoms with Crippen LogP contribution in [0, 0.1) is 0 Å². The van der Waals surface area contributed by atoms with Crippen molar-refractivity contribution in [1.82, 2.24) is 15.1 Å². The van der Waals surface area contributed by atoms with Crippen molar-refractivity contribution in [2.45, 2.75) is 45.1 Å². The quantitative estimate of drug-likeness (QED) is 0.844. The van der Waals surface area contributed by atoms with Crippen LogP contribution in [0.3, 0.4) is 0 Å². The number of aldehydes is 1. The molecule has 1 aromatic carbocycles. The monoisotopic (exact) mass is 355 g/mol. The molecule has 1 aliphatic heterocycles. The number of amides is 1. The van der Waals surface area contributed by atoms with E-state index in [0.717, 1.165) is 35.9 Å². The molecular formula is C20H25N3O3. The number of rotatable bonds is 3. The molecule has 6 nitrogen and oxygen atoms in total. The number of hydrogen-bond acceptors (Lipinski definition) is 4. The summed E-state index contributed by atoms with van der Waals surface area (Å²) in [7, 11) is 0. The molecule has 0 radical (unpaired) electrons. The van der Waals surface area contributed by atoms with Crippen molar-refractivity contribution in [3.05, 3.63) is 41.7 Å². The van der Waals surface area contributed by atoms with Crippen molar-refractivity contribution in [2.24, 2.45) is 0 Å². The minimum Gasteiger partial charge on any atom is -0.444 e. The number of benzene rings is 1. The van der Waals surface area contributed by atoms with E-state index in [1.165, 1.54) is 0 Å². The minimum absolute atomic E-state index is 0.180. The first kappa shape index (κ1) is 18.2. The molecule has 1 saturated heterocycles. The van der Waals surface area contributed by atoms with Gasteiger partial charge in [-0.2, -0.15) is 5.10 Å². The molecule has 26 heavy (non-hydrogen) atoms. The van der Waals surface area contributed by atoms with Crippen LogP contribution in [-0.2, 0) is 4.74 Å². The molecule has 1 atom stereocenters. The number of carbonyl (C=O) groups excluding carboxylic acids is 2. The van der Waals surface area contributed by atoms with E-state index in [-0.39, 0.29) is 12.0 Å². The van der Waals surface area contributed by atoms with Crippen LogP contribution >= 0.6 is 0 Å². The van der Waals surface area contributed by atoms with E-state index < -0.39 is 5.60 Å². The average molecular weight is 355 g/mol. The third-order valence-electron chi connectivity index (χ3n) is 4.51. The number of nitrogens with zero attached hydrogens (tertiary/aromatic N) is 2. The largest absolute Gasteiger partial charge is 0.444 e. The number of H-pyrrole nitrogens is 1.